The summed E-state index contributed by atoms with van der Waals surface area (Å²) in [6, 6.07) is 9.65. The van der Waals surface area contributed by atoms with Crippen LogP contribution in [0.5, 0.6) is 23.0 Å². The number of carbonyl (C=O) groups is 2. The summed E-state index contributed by atoms with van der Waals surface area (Å²) in [6.45, 7) is 1.81. The fourth-order valence-corrected chi connectivity index (χ4v) is 2.63. The molecule has 2 heterocycles. The summed E-state index contributed by atoms with van der Waals surface area (Å²) in [5.41, 5.74) is 5.44. The van der Waals surface area contributed by atoms with Crippen LogP contribution in [0.4, 0.5) is 0 Å². The summed E-state index contributed by atoms with van der Waals surface area (Å²) in [5.74, 6) is 1.26. The maximum Gasteiger partial charge on any atom is 0.269 e. The summed E-state index contributed by atoms with van der Waals surface area (Å²) < 4.78 is 21.7. The molecule has 4 rings (SSSR count). The van der Waals surface area contributed by atoms with Crippen LogP contribution >= 0.6 is 0 Å². The molecule has 0 radical (unpaired) electrons. The van der Waals surface area contributed by atoms with E-state index in [9.17, 15) is 9.59 Å². The van der Waals surface area contributed by atoms with E-state index in [1.165, 1.54) is 0 Å². The molecule has 0 fully saturated rings. The van der Waals surface area contributed by atoms with Gasteiger partial charge in [0.25, 0.3) is 11.8 Å². The van der Waals surface area contributed by atoms with E-state index in [4.69, 9.17) is 18.9 Å². The van der Waals surface area contributed by atoms with Gasteiger partial charge in [0.2, 0.25) is 0 Å². The summed E-state index contributed by atoms with van der Waals surface area (Å²) in [6.07, 6.45) is 0. The second kappa shape index (κ2) is 6.83. The molecule has 0 atom stereocenters. The Morgan fingerprint density at radius 1 is 0.615 bits per heavy atom. The fourth-order valence-electron chi connectivity index (χ4n) is 2.63. The van der Waals surface area contributed by atoms with Crippen molar-refractivity contribution in [3.05, 3.63) is 47.5 Å². The highest BCUT2D eigenvalue weighted by Gasteiger charge is 2.17. The Bertz CT molecular complexity index is 795. The topological polar surface area (TPSA) is 95.1 Å². The third kappa shape index (κ3) is 3.21. The number of amides is 2. The van der Waals surface area contributed by atoms with Gasteiger partial charge >= 0.3 is 0 Å². The average Bonchev–Trinajstić information content (AvgIpc) is 2.71. The van der Waals surface area contributed by atoms with Gasteiger partial charge in [-0.25, -0.2) is 0 Å². The van der Waals surface area contributed by atoms with Gasteiger partial charge in [-0.3, -0.25) is 20.4 Å². The van der Waals surface area contributed by atoms with E-state index in [0.717, 1.165) is 0 Å². The highest BCUT2D eigenvalue weighted by atomic mass is 16.6. The fraction of sp³-hybridized carbons (Fsp3) is 0.222. The van der Waals surface area contributed by atoms with E-state index in [1.54, 1.807) is 36.4 Å². The van der Waals surface area contributed by atoms with Crippen LogP contribution in [0.1, 0.15) is 20.7 Å². The number of benzene rings is 2. The highest BCUT2D eigenvalue weighted by molar-refractivity contribution is 5.99. The minimum Gasteiger partial charge on any atom is -0.486 e. The summed E-state index contributed by atoms with van der Waals surface area (Å²) in [7, 11) is 0. The first-order chi connectivity index (χ1) is 12.7. The van der Waals surface area contributed by atoms with E-state index in [2.05, 4.69) is 10.9 Å². The minimum absolute atomic E-state index is 0.344. The van der Waals surface area contributed by atoms with Crippen molar-refractivity contribution in [2.24, 2.45) is 0 Å². The predicted molar refractivity (Wildman–Crippen MR) is 89.8 cm³/mol. The van der Waals surface area contributed by atoms with Crippen molar-refractivity contribution in [3.63, 3.8) is 0 Å². The molecule has 0 unspecified atom stereocenters. The molecular weight excluding hydrogens is 340 g/mol. The first-order valence-corrected chi connectivity index (χ1v) is 8.11. The first-order valence-electron chi connectivity index (χ1n) is 8.11. The molecule has 2 aromatic rings. The van der Waals surface area contributed by atoms with Crippen molar-refractivity contribution >= 4 is 11.8 Å². The van der Waals surface area contributed by atoms with E-state index < -0.39 is 11.8 Å². The van der Waals surface area contributed by atoms with Crippen LogP contribution in [0.15, 0.2) is 36.4 Å². The van der Waals surface area contributed by atoms with Gasteiger partial charge in [-0.15, -0.1) is 0 Å². The number of nitrogens with one attached hydrogen (secondary N) is 2. The summed E-state index contributed by atoms with van der Waals surface area (Å²) in [4.78, 5) is 24.5. The van der Waals surface area contributed by atoms with Gasteiger partial charge in [0, 0.05) is 11.1 Å². The van der Waals surface area contributed by atoms with Gasteiger partial charge in [-0.05, 0) is 36.4 Å². The van der Waals surface area contributed by atoms with E-state index >= 15 is 0 Å². The molecule has 0 bridgehead atoms. The largest absolute Gasteiger partial charge is 0.486 e. The molecule has 8 heteroatoms. The molecule has 2 aliphatic rings. The molecule has 0 saturated carbocycles. The zero-order chi connectivity index (χ0) is 17.9. The molecule has 134 valence electrons. The summed E-state index contributed by atoms with van der Waals surface area (Å²) >= 11 is 0. The van der Waals surface area contributed by atoms with Crippen LogP contribution in [0.2, 0.25) is 0 Å². The Hall–Kier alpha value is -3.42. The lowest BCUT2D eigenvalue weighted by molar-refractivity contribution is 0.0845. The first kappa shape index (κ1) is 16.1. The summed E-state index contributed by atoms with van der Waals surface area (Å²) in [5, 5.41) is 0. The van der Waals surface area contributed by atoms with Gasteiger partial charge in [0.1, 0.15) is 26.4 Å². The lowest BCUT2D eigenvalue weighted by Gasteiger charge is -2.19. The van der Waals surface area contributed by atoms with Gasteiger partial charge in [0.05, 0.1) is 0 Å². The lowest BCUT2D eigenvalue weighted by atomic mass is 10.2. The monoisotopic (exact) mass is 356 g/mol. The standard InChI is InChI=1S/C18H16N2O6/c21-17(11-1-3-13-15(9-11)25-7-5-23-13)19-20-18(22)12-2-4-14-16(10-12)26-8-6-24-14/h1-4,9-10H,5-8H2,(H,19,21)(H,20,22). The van der Waals surface area contributed by atoms with Crippen LogP contribution in [0.25, 0.3) is 0 Å². The van der Waals surface area contributed by atoms with Crippen molar-refractivity contribution < 1.29 is 28.5 Å². The second-order valence-corrected chi connectivity index (χ2v) is 5.63. The molecule has 26 heavy (non-hydrogen) atoms. The Labute approximate surface area is 149 Å². The molecule has 2 amide bonds. The molecular formula is C18H16N2O6. The van der Waals surface area contributed by atoms with Crippen molar-refractivity contribution in [2.45, 2.75) is 0 Å². The third-order valence-electron chi connectivity index (χ3n) is 3.90. The smallest absolute Gasteiger partial charge is 0.269 e. The Balaban J connectivity index is 1.40. The van der Waals surface area contributed by atoms with Crippen LogP contribution in [0, 0.1) is 0 Å². The van der Waals surface area contributed by atoms with Crippen LogP contribution in [-0.4, -0.2) is 38.2 Å². The molecule has 8 nitrogen and oxygen atoms in total. The van der Waals surface area contributed by atoms with Crippen molar-refractivity contribution in [1.29, 1.82) is 0 Å². The Kier molecular flexibility index (Phi) is 4.22. The number of hydrazine groups is 1. The van der Waals surface area contributed by atoms with Crippen molar-refractivity contribution in [1.82, 2.24) is 10.9 Å². The quantitative estimate of drug-likeness (QED) is 0.788. The van der Waals surface area contributed by atoms with Crippen molar-refractivity contribution in [3.8, 4) is 23.0 Å². The molecule has 0 aromatic heterocycles. The number of fused-ring (bicyclic) bond motifs is 2. The zero-order valence-electron chi connectivity index (χ0n) is 13.7. The SMILES string of the molecule is O=C(NNC(=O)c1ccc2c(c1)OCCO2)c1ccc2c(c1)OCCO2. The van der Waals surface area contributed by atoms with E-state index in [0.29, 0.717) is 60.6 Å². The van der Waals surface area contributed by atoms with Crippen LogP contribution < -0.4 is 29.8 Å². The molecule has 2 N–H and O–H groups in total. The van der Waals surface area contributed by atoms with Crippen LogP contribution in [0.3, 0.4) is 0 Å². The molecule has 0 aliphatic carbocycles. The minimum atomic E-state index is -0.465. The maximum atomic E-state index is 12.2. The Morgan fingerprint density at radius 2 is 1.00 bits per heavy atom. The van der Waals surface area contributed by atoms with Gasteiger partial charge in [0.15, 0.2) is 23.0 Å². The number of rotatable bonds is 2. The molecule has 2 aromatic carbocycles. The number of hydrogen-bond acceptors (Lipinski definition) is 6. The lowest BCUT2D eigenvalue weighted by Crippen LogP contribution is -2.41. The van der Waals surface area contributed by atoms with E-state index in [1.807, 2.05) is 0 Å². The normalized spacial score (nSPS) is 14.3. The van der Waals surface area contributed by atoms with Gasteiger partial charge in [-0.1, -0.05) is 0 Å². The molecule has 2 aliphatic heterocycles. The Morgan fingerprint density at radius 3 is 1.42 bits per heavy atom. The maximum absolute atomic E-state index is 12.2. The highest BCUT2D eigenvalue weighted by Crippen LogP contribution is 2.31. The zero-order valence-corrected chi connectivity index (χ0v) is 13.7. The van der Waals surface area contributed by atoms with E-state index in [-0.39, 0.29) is 0 Å². The number of carbonyl (C=O) groups excluding carboxylic acids is 2. The van der Waals surface area contributed by atoms with Crippen LogP contribution in [-0.2, 0) is 0 Å². The molecule has 0 spiro atoms. The predicted octanol–water partition coefficient (Wildman–Crippen LogP) is 1.30. The second-order valence-electron chi connectivity index (χ2n) is 5.63. The number of hydrogen-bond donors (Lipinski definition) is 2. The van der Waals surface area contributed by atoms with Crippen molar-refractivity contribution in [2.75, 3.05) is 26.4 Å². The average molecular weight is 356 g/mol. The third-order valence-corrected chi connectivity index (χ3v) is 3.90. The number of ether oxygens (including phenoxy) is 4. The van der Waals surface area contributed by atoms with Gasteiger partial charge in [-0.2, -0.15) is 0 Å². The molecule has 0 saturated heterocycles. The van der Waals surface area contributed by atoms with Gasteiger partial charge < -0.3 is 18.9 Å².